The van der Waals surface area contributed by atoms with Gasteiger partial charge in [0.1, 0.15) is 18.1 Å². The zero-order chi connectivity index (χ0) is 27.4. The van der Waals surface area contributed by atoms with Crippen molar-refractivity contribution in [3.8, 4) is 17.1 Å². The van der Waals surface area contributed by atoms with Crippen molar-refractivity contribution in [2.45, 2.75) is 46.1 Å². The highest BCUT2D eigenvalue weighted by atomic mass is 32.2. The predicted octanol–water partition coefficient (Wildman–Crippen LogP) is 4.25. The van der Waals surface area contributed by atoms with Gasteiger partial charge in [-0.3, -0.25) is 18.8 Å². The lowest BCUT2D eigenvalue weighted by molar-refractivity contribution is 0.185. The molecule has 0 amide bonds. The number of aromatic nitrogens is 2. The van der Waals surface area contributed by atoms with Crippen molar-refractivity contribution >= 4 is 16.2 Å². The van der Waals surface area contributed by atoms with Crippen LogP contribution in [-0.2, 0) is 21.4 Å². The number of aromatic amines is 1. The van der Waals surface area contributed by atoms with Gasteiger partial charge in [0.15, 0.2) is 11.2 Å². The van der Waals surface area contributed by atoms with E-state index in [4.69, 9.17) is 9.47 Å². The molecule has 4 rings (SSSR count). The van der Waals surface area contributed by atoms with Gasteiger partial charge in [0.05, 0.1) is 12.8 Å². The van der Waals surface area contributed by atoms with E-state index in [0.29, 0.717) is 41.6 Å². The summed E-state index contributed by atoms with van der Waals surface area (Å²) in [5.74, 6) is 1.04. The van der Waals surface area contributed by atoms with E-state index in [1.165, 1.54) is 10.5 Å². The number of hydrogen-bond donors (Lipinski definition) is 1. The summed E-state index contributed by atoms with van der Waals surface area (Å²) >= 11 is 0. The zero-order valence-corrected chi connectivity index (χ0v) is 23.1. The molecule has 2 heterocycles. The van der Waals surface area contributed by atoms with Gasteiger partial charge in [-0.05, 0) is 36.0 Å². The number of allylic oxidation sites excluding steroid dienone is 3. The van der Waals surface area contributed by atoms with Crippen LogP contribution in [0.15, 0.2) is 68.3 Å². The zero-order valence-electron chi connectivity index (χ0n) is 22.2. The summed E-state index contributed by atoms with van der Waals surface area (Å²) in [6.07, 6.45) is 9.40. The van der Waals surface area contributed by atoms with E-state index in [9.17, 15) is 13.2 Å². The topological polar surface area (TPSA) is 127 Å². The molecule has 3 atom stereocenters. The molecule has 11 heteroatoms. The fourth-order valence-electron chi connectivity index (χ4n) is 4.29. The van der Waals surface area contributed by atoms with E-state index in [1.54, 1.807) is 25.3 Å². The number of sulfonamides is 1. The third-order valence-electron chi connectivity index (χ3n) is 6.56. The van der Waals surface area contributed by atoms with E-state index >= 15 is 0 Å². The van der Waals surface area contributed by atoms with Crippen molar-refractivity contribution < 1.29 is 22.4 Å². The van der Waals surface area contributed by atoms with Gasteiger partial charge in [0.2, 0.25) is 0 Å². The van der Waals surface area contributed by atoms with Gasteiger partial charge in [0, 0.05) is 30.3 Å². The van der Waals surface area contributed by atoms with E-state index in [0.717, 1.165) is 5.56 Å². The molecular weight excluding hydrogens is 508 g/mol. The lowest BCUT2D eigenvalue weighted by atomic mass is 9.89. The monoisotopic (exact) mass is 542 g/mol. The molecule has 10 nitrogen and oxygen atoms in total. The number of nitrogens with one attached hydrogen (secondary N) is 1. The highest BCUT2D eigenvalue weighted by Gasteiger charge is 2.36. The highest BCUT2D eigenvalue weighted by molar-refractivity contribution is 7.89. The van der Waals surface area contributed by atoms with Crippen molar-refractivity contribution in [3.05, 3.63) is 70.1 Å². The van der Waals surface area contributed by atoms with Crippen LogP contribution < -0.4 is 10.5 Å². The third-order valence-corrected chi connectivity index (χ3v) is 8.53. The second-order valence-corrected chi connectivity index (χ2v) is 12.0. The van der Waals surface area contributed by atoms with Crippen molar-refractivity contribution in [2.75, 3.05) is 13.7 Å². The van der Waals surface area contributed by atoms with Crippen molar-refractivity contribution in [2.24, 2.45) is 22.7 Å². The largest absolute Gasteiger partial charge is 0.496 e. The second-order valence-electron chi connectivity index (χ2n) is 9.95. The maximum Gasteiger partial charge on any atom is 0.439 e. The first-order chi connectivity index (χ1) is 18.1. The van der Waals surface area contributed by atoms with Crippen molar-refractivity contribution in [1.29, 1.82) is 0 Å². The van der Waals surface area contributed by atoms with Crippen LogP contribution in [0.25, 0.3) is 11.4 Å². The number of aliphatic imine (C=N–C) groups is 1. The molecule has 1 aromatic heterocycles. The Morgan fingerprint density at radius 3 is 2.61 bits per heavy atom. The summed E-state index contributed by atoms with van der Waals surface area (Å²) in [4.78, 5) is 18.1. The number of H-pyrrole nitrogens is 1. The summed E-state index contributed by atoms with van der Waals surface area (Å²) < 4.78 is 45.5. The molecule has 204 valence electrons. The van der Waals surface area contributed by atoms with Gasteiger partial charge < -0.3 is 9.47 Å². The van der Waals surface area contributed by atoms with Gasteiger partial charge >= 0.3 is 5.76 Å². The predicted molar refractivity (Wildman–Crippen MR) is 145 cm³/mol. The maximum absolute atomic E-state index is 13.8. The van der Waals surface area contributed by atoms with Crippen LogP contribution in [0.2, 0.25) is 0 Å². The molecule has 2 aliphatic rings. The smallest absolute Gasteiger partial charge is 0.439 e. The second kappa shape index (κ2) is 11.4. The van der Waals surface area contributed by atoms with Crippen LogP contribution in [0.4, 0.5) is 0 Å². The molecule has 38 heavy (non-hydrogen) atoms. The number of methoxy groups -OCH3 is 1. The molecular formula is C27H34N4O6S. The first-order valence-corrected chi connectivity index (χ1v) is 14.1. The van der Waals surface area contributed by atoms with Crippen LogP contribution >= 0.6 is 0 Å². The summed E-state index contributed by atoms with van der Waals surface area (Å²) in [5, 5.41) is 2.84. The average Bonchev–Trinajstić information content (AvgIpc) is 3.34. The van der Waals surface area contributed by atoms with Gasteiger partial charge in [0.25, 0.3) is 10.0 Å². The normalized spacial score (nSPS) is 21.3. The summed E-state index contributed by atoms with van der Waals surface area (Å²) in [6.45, 7) is 8.56. The maximum atomic E-state index is 13.8. The molecule has 0 saturated carbocycles. The molecule has 1 aromatic carbocycles. The fourth-order valence-corrected chi connectivity index (χ4v) is 6.09. The number of rotatable bonds is 10. The molecule has 0 radical (unpaired) electrons. The van der Waals surface area contributed by atoms with Crippen LogP contribution in [0, 0.1) is 17.8 Å². The fraction of sp³-hybridized carbons (Fsp3) is 0.444. The SMILES string of the molecule is COc1cc(-c2noc(=O)[nH]2)ccc1COC1=CC(C)C(C)C=C1N(CC(C)C)S(=O)(=O)C1CC=CC=N1. The van der Waals surface area contributed by atoms with E-state index in [-0.39, 0.29) is 24.4 Å². The Bertz CT molecular complexity index is 1430. The van der Waals surface area contributed by atoms with Crippen LogP contribution in [-0.4, -0.2) is 48.1 Å². The van der Waals surface area contributed by atoms with E-state index in [1.807, 2.05) is 38.1 Å². The number of ether oxygens (including phenoxy) is 2. The Morgan fingerprint density at radius 2 is 1.97 bits per heavy atom. The van der Waals surface area contributed by atoms with Crippen molar-refractivity contribution in [1.82, 2.24) is 14.4 Å². The molecule has 1 aliphatic carbocycles. The molecule has 1 aliphatic heterocycles. The van der Waals surface area contributed by atoms with Gasteiger partial charge in [-0.15, -0.1) is 0 Å². The molecule has 0 bridgehead atoms. The Hall–Kier alpha value is -3.60. The van der Waals surface area contributed by atoms with E-state index < -0.39 is 21.2 Å². The molecule has 0 spiro atoms. The average molecular weight is 543 g/mol. The Balaban J connectivity index is 1.63. The first-order valence-electron chi connectivity index (χ1n) is 12.6. The molecule has 3 unspecified atom stereocenters. The third kappa shape index (κ3) is 5.93. The summed E-state index contributed by atoms with van der Waals surface area (Å²) in [6, 6.07) is 5.31. The quantitative estimate of drug-likeness (QED) is 0.475. The number of dihydropyridines is 1. The van der Waals surface area contributed by atoms with Crippen molar-refractivity contribution in [3.63, 3.8) is 0 Å². The minimum Gasteiger partial charge on any atom is -0.496 e. The lowest BCUT2D eigenvalue weighted by Crippen LogP contribution is -2.41. The Kier molecular flexibility index (Phi) is 8.25. The molecule has 2 aromatic rings. The Morgan fingerprint density at radius 1 is 1.21 bits per heavy atom. The molecule has 0 saturated heterocycles. The van der Waals surface area contributed by atoms with Gasteiger partial charge in [-0.1, -0.05) is 57.1 Å². The molecule has 1 N–H and O–H groups in total. The molecule has 0 fully saturated rings. The van der Waals surface area contributed by atoms with Crippen LogP contribution in [0.1, 0.15) is 39.7 Å². The number of nitrogens with zero attached hydrogens (tertiary/aromatic N) is 3. The number of hydrogen-bond acceptors (Lipinski definition) is 8. The summed E-state index contributed by atoms with van der Waals surface area (Å²) in [5.41, 5.74) is 1.89. The standard InChI is InChI=1S/C27H34N4O6S/c1-17(2)15-31(38(33,34)25-8-6-7-11-28-25)22-12-18(3)19(4)13-24(22)36-16-21-10-9-20(14-23(21)35-5)26-29-27(32)37-30-26/h6-7,9-14,17-19,25H,8,15-16H2,1-5H3,(H,29,30,32). The van der Waals surface area contributed by atoms with Crippen LogP contribution in [0.3, 0.4) is 0 Å². The number of benzene rings is 1. The summed E-state index contributed by atoms with van der Waals surface area (Å²) in [7, 11) is -2.26. The Labute approximate surface area is 222 Å². The minimum atomic E-state index is -3.80. The van der Waals surface area contributed by atoms with Gasteiger partial charge in [-0.2, -0.15) is 0 Å². The first kappa shape index (κ1) is 27.4. The highest BCUT2D eigenvalue weighted by Crippen LogP contribution is 2.35. The lowest BCUT2D eigenvalue weighted by Gasteiger charge is -2.35. The minimum absolute atomic E-state index is 0.0836. The van der Waals surface area contributed by atoms with Gasteiger partial charge in [-0.25, -0.2) is 13.2 Å². The van der Waals surface area contributed by atoms with E-state index in [2.05, 4.69) is 33.5 Å². The van der Waals surface area contributed by atoms with Crippen LogP contribution in [0.5, 0.6) is 5.75 Å².